The van der Waals surface area contributed by atoms with Crippen LogP contribution in [0.4, 0.5) is 34.8 Å². The highest BCUT2D eigenvalue weighted by Gasteiger charge is 2.49. The average Bonchev–Trinajstić information content (AvgIpc) is 3.52. The van der Waals surface area contributed by atoms with Gasteiger partial charge in [-0.2, -0.15) is 13.2 Å². The number of rotatable bonds is 5. The summed E-state index contributed by atoms with van der Waals surface area (Å²) in [6.07, 6.45) is -3.66. The summed E-state index contributed by atoms with van der Waals surface area (Å²) in [7, 11) is 1.42. The lowest BCUT2D eigenvalue weighted by Gasteiger charge is -2.38. The van der Waals surface area contributed by atoms with Gasteiger partial charge >= 0.3 is 6.18 Å². The molecule has 2 aromatic heterocycles. The molecule has 0 aliphatic carbocycles. The molecule has 2 saturated heterocycles. The lowest BCUT2D eigenvalue weighted by atomic mass is 9.95. The van der Waals surface area contributed by atoms with Gasteiger partial charge in [-0.15, -0.1) is 10.2 Å². The number of nitrogens with zero attached hydrogens (tertiary/aromatic N) is 7. The molecular weight excluding hydrogens is 586 g/mol. The van der Waals surface area contributed by atoms with Gasteiger partial charge in [0.15, 0.2) is 0 Å². The maximum atomic E-state index is 15.5. The van der Waals surface area contributed by atoms with Crippen LogP contribution >= 0.6 is 0 Å². The van der Waals surface area contributed by atoms with Crippen molar-refractivity contribution < 1.29 is 36.4 Å². The van der Waals surface area contributed by atoms with Crippen molar-refractivity contribution in [2.45, 2.75) is 38.0 Å². The Morgan fingerprint density at radius 2 is 1.91 bits per heavy atom. The first-order valence-corrected chi connectivity index (χ1v) is 13.8. The van der Waals surface area contributed by atoms with Gasteiger partial charge in [0.2, 0.25) is 29.5 Å². The molecule has 0 bridgehead atoms. The number of amides is 3. The zero-order chi connectivity index (χ0) is 31.5. The molecule has 44 heavy (non-hydrogen) atoms. The smallest absolute Gasteiger partial charge is 0.416 e. The monoisotopic (exact) mass is 613 g/mol. The highest BCUT2D eigenvalue weighted by atomic mass is 19.4. The van der Waals surface area contributed by atoms with Gasteiger partial charge < -0.3 is 19.1 Å². The quantitative estimate of drug-likeness (QED) is 0.318. The zero-order valence-electron chi connectivity index (χ0n) is 23.7. The molecular formula is C29H27F4N7O4. The number of pyridine rings is 1. The number of para-hydroxylation sites is 1. The number of aryl methyl sites for hydroxylation is 1. The predicted molar refractivity (Wildman–Crippen MR) is 148 cm³/mol. The van der Waals surface area contributed by atoms with Crippen molar-refractivity contribution in [2.24, 2.45) is 5.92 Å². The van der Waals surface area contributed by atoms with E-state index in [4.69, 9.17) is 4.42 Å². The van der Waals surface area contributed by atoms with Crippen molar-refractivity contribution in [3.05, 3.63) is 71.8 Å². The van der Waals surface area contributed by atoms with Gasteiger partial charge in [0.25, 0.3) is 0 Å². The van der Waals surface area contributed by atoms with Crippen LogP contribution in [0.3, 0.4) is 0 Å². The minimum absolute atomic E-state index is 0.0267. The van der Waals surface area contributed by atoms with Crippen LogP contribution in [0.15, 0.2) is 47.4 Å². The third kappa shape index (κ3) is 5.05. The molecule has 3 aromatic rings. The normalized spacial score (nSPS) is 20.7. The molecule has 2 fully saturated rings. The van der Waals surface area contributed by atoms with Gasteiger partial charge in [-0.3, -0.25) is 19.3 Å². The van der Waals surface area contributed by atoms with E-state index in [0.29, 0.717) is 19.0 Å². The minimum atomic E-state index is -4.69. The topological polar surface area (TPSA) is 116 Å². The first kappa shape index (κ1) is 29.3. The van der Waals surface area contributed by atoms with Crippen LogP contribution in [0.2, 0.25) is 0 Å². The molecule has 15 heteroatoms. The standard InChI is InChI=1S/C29H27F4N7O4/c1-4-23(41)38-12-17(13-38)27-36-35-22(44-27)14-39-11-16-9-24(42)40(21-10-18(29(31,32)33)8-15(2)34-21)25(16)28(43)37(3)20-7-5-6-19(30)26(20)39/h4-8,10,16-17,25H,1,9,11-14H2,2-3H3/t16-,25+/m1/s1. The summed E-state index contributed by atoms with van der Waals surface area (Å²) in [5.41, 5.74) is -0.694. The molecule has 0 radical (unpaired) electrons. The van der Waals surface area contributed by atoms with Crippen molar-refractivity contribution in [3.8, 4) is 0 Å². The van der Waals surface area contributed by atoms with E-state index in [0.717, 1.165) is 17.0 Å². The Morgan fingerprint density at radius 1 is 1.16 bits per heavy atom. The zero-order valence-corrected chi connectivity index (χ0v) is 23.7. The van der Waals surface area contributed by atoms with Gasteiger partial charge in [-0.05, 0) is 37.3 Å². The van der Waals surface area contributed by atoms with E-state index in [9.17, 15) is 27.6 Å². The fraction of sp³-hybridized carbons (Fsp3) is 0.379. The van der Waals surface area contributed by atoms with Gasteiger partial charge in [0.1, 0.15) is 17.7 Å². The maximum Gasteiger partial charge on any atom is 0.416 e. The molecule has 0 spiro atoms. The summed E-state index contributed by atoms with van der Waals surface area (Å²) in [4.78, 5) is 48.6. The van der Waals surface area contributed by atoms with Crippen molar-refractivity contribution >= 4 is 34.9 Å². The summed E-state index contributed by atoms with van der Waals surface area (Å²) >= 11 is 0. The van der Waals surface area contributed by atoms with Gasteiger partial charge in [0, 0.05) is 44.7 Å². The number of hydrogen-bond acceptors (Lipinski definition) is 8. The first-order chi connectivity index (χ1) is 20.8. The number of aromatic nitrogens is 3. The summed E-state index contributed by atoms with van der Waals surface area (Å²) in [6, 6.07) is 4.63. The van der Waals surface area contributed by atoms with Crippen LogP contribution in [-0.4, -0.2) is 70.5 Å². The molecule has 0 saturated carbocycles. The third-order valence-electron chi connectivity index (χ3n) is 8.15. The molecule has 3 amide bonds. The Hall–Kier alpha value is -4.82. The average molecular weight is 614 g/mol. The number of anilines is 3. The van der Waals surface area contributed by atoms with Crippen LogP contribution in [0.5, 0.6) is 0 Å². The third-order valence-corrected chi connectivity index (χ3v) is 8.15. The molecule has 0 N–H and O–H groups in total. The largest absolute Gasteiger partial charge is 0.423 e. The van der Waals surface area contributed by atoms with Crippen molar-refractivity contribution in [1.29, 1.82) is 0 Å². The number of benzene rings is 1. The van der Waals surface area contributed by atoms with E-state index in [1.807, 2.05) is 0 Å². The second-order valence-corrected chi connectivity index (χ2v) is 11.1. The van der Waals surface area contributed by atoms with Crippen LogP contribution in [0.1, 0.15) is 35.4 Å². The predicted octanol–water partition coefficient (Wildman–Crippen LogP) is 3.45. The Kier molecular flexibility index (Phi) is 7.13. The molecule has 1 aromatic carbocycles. The highest BCUT2D eigenvalue weighted by Crippen LogP contribution is 2.42. The first-order valence-electron chi connectivity index (χ1n) is 13.8. The molecule has 3 aliphatic rings. The molecule has 5 heterocycles. The Morgan fingerprint density at radius 3 is 2.61 bits per heavy atom. The number of likely N-dealkylation sites (tertiary alicyclic amines) is 1. The fourth-order valence-corrected chi connectivity index (χ4v) is 6.01. The number of carbonyl (C=O) groups is 3. The SMILES string of the molecule is C=CC(=O)N1CC(c2nnc(CN3C[C@H]4CC(=O)N(c5cc(C(F)(F)F)cc(C)n5)[C@@H]4C(=O)N(C)c4cccc(F)c43)o2)C1. The number of halogens is 4. The molecule has 0 unspecified atom stereocenters. The second-order valence-electron chi connectivity index (χ2n) is 11.1. The minimum Gasteiger partial charge on any atom is -0.423 e. The lowest BCUT2D eigenvalue weighted by Crippen LogP contribution is -2.52. The van der Waals surface area contributed by atoms with E-state index < -0.39 is 41.3 Å². The van der Waals surface area contributed by atoms with Crippen LogP contribution in [0, 0.1) is 18.7 Å². The summed E-state index contributed by atoms with van der Waals surface area (Å²) in [5.74, 6) is -2.75. The van der Waals surface area contributed by atoms with E-state index >= 15 is 4.39 Å². The van der Waals surface area contributed by atoms with Gasteiger partial charge in [-0.1, -0.05) is 12.6 Å². The summed E-state index contributed by atoms with van der Waals surface area (Å²) in [5, 5.41) is 8.23. The van der Waals surface area contributed by atoms with Crippen molar-refractivity contribution in [1.82, 2.24) is 20.1 Å². The summed E-state index contributed by atoms with van der Waals surface area (Å²) < 4.78 is 62.3. The lowest BCUT2D eigenvalue weighted by molar-refractivity contribution is -0.137. The maximum absolute atomic E-state index is 15.5. The highest BCUT2D eigenvalue weighted by molar-refractivity contribution is 6.10. The number of likely N-dealkylation sites (N-methyl/N-ethyl adjacent to an activating group) is 1. The van der Waals surface area contributed by atoms with E-state index in [1.54, 1.807) is 9.80 Å². The second kappa shape index (κ2) is 10.7. The Bertz CT molecular complexity index is 1670. The van der Waals surface area contributed by atoms with Crippen LogP contribution in [0.25, 0.3) is 0 Å². The Balaban J connectivity index is 1.34. The number of fused-ring (bicyclic) bond motifs is 2. The fourth-order valence-electron chi connectivity index (χ4n) is 6.01. The van der Waals surface area contributed by atoms with E-state index in [2.05, 4.69) is 21.8 Å². The number of hydrogen-bond donors (Lipinski definition) is 0. The summed E-state index contributed by atoms with van der Waals surface area (Å²) in [6.45, 7) is 5.50. The molecule has 11 nitrogen and oxygen atoms in total. The van der Waals surface area contributed by atoms with Crippen LogP contribution in [-0.2, 0) is 27.1 Å². The molecule has 2 atom stereocenters. The van der Waals surface area contributed by atoms with Crippen molar-refractivity contribution in [3.63, 3.8) is 0 Å². The molecule has 3 aliphatic heterocycles. The van der Waals surface area contributed by atoms with Gasteiger partial charge in [0.05, 0.1) is 29.4 Å². The molecule has 6 rings (SSSR count). The molecule has 230 valence electrons. The van der Waals surface area contributed by atoms with Crippen molar-refractivity contribution in [2.75, 3.05) is 41.4 Å². The van der Waals surface area contributed by atoms with Crippen LogP contribution < -0.4 is 14.7 Å². The van der Waals surface area contributed by atoms with Gasteiger partial charge in [-0.25, -0.2) is 9.37 Å². The van der Waals surface area contributed by atoms with E-state index in [1.165, 1.54) is 43.1 Å². The number of alkyl halides is 3. The Labute approximate surface area is 248 Å². The number of carbonyl (C=O) groups excluding carboxylic acids is 3. The van der Waals surface area contributed by atoms with E-state index in [-0.39, 0.29) is 60.1 Å².